The SMILES string of the molecule is NCCCn1cc(S(=O)(=O)NN2CCCCC2)cn1. The molecule has 3 N–H and O–H groups in total. The van der Waals surface area contributed by atoms with Crippen molar-refractivity contribution in [1.29, 1.82) is 0 Å². The molecule has 0 amide bonds. The standard InChI is InChI=1S/C11H21N5O2S/c12-5-4-8-16-10-11(9-13-16)19(17,18)14-15-6-2-1-3-7-15/h9-10,14H,1-8,12H2. The lowest BCUT2D eigenvalue weighted by Gasteiger charge is -2.26. The molecule has 0 saturated carbocycles. The minimum Gasteiger partial charge on any atom is -0.330 e. The second kappa shape index (κ2) is 6.47. The van der Waals surface area contributed by atoms with Gasteiger partial charge in [0.05, 0.1) is 6.20 Å². The van der Waals surface area contributed by atoms with Crippen molar-refractivity contribution in [2.75, 3.05) is 19.6 Å². The fourth-order valence-electron chi connectivity index (χ4n) is 2.07. The molecule has 1 fully saturated rings. The van der Waals surface area contributed by atoms with Gasteiger partial charge in [0, 0.05) is 25.8 Å². The van der Waals surface area contributed by atoms with E-state index in [1.807, 2.05) is 0 Å². The van der Waals surface area contributed by atoms with Crippen LogP contribution in [0.25, 0.3) is 0 Å². The Hall–Kier alpha value is -0.960. The molecule has 0 aromatic carbocycles. The Bertz CT molecular complexity index is 493. The molecular formula is C11H21N5O2S. The maximum Gasteiger partial charge on any atom is 0.256 e. The third-order valence-electron chi connectivity index (χ3n) is 3.12. The van der Waals surface area contributed by atoms with Crippen molar-refractivity contribution >= 4 is 10.0 Å². The van der Waals surface area contributed by atoms with Crippen molar-refractivity contribution in [3.63, 3.8) is 0 Å². The molecular weight excluding hydrogens is 266 g/mol. The summed E-state index contributed by atoms with van der Waals surface area (Å²) in [6.07, 6.45) is 6.91. The molecule has 7 nitrogen and oxygen atoms in total. The number of hydrazine groups is 1. The molecule has 0 atom stereocenters. The van der Waals surface area contributed by atoms with Crippen molar-refractivity contribution in [3.05, 3.63) is 12.4 Å². The van der Waals surface area contributed by atoms with Crippen LogP contribution in [0.2, 0.25) is 0 Å². The Morgan fingerprint density at radius 2 is 2.05 bits per heavy atom. The Morgan fingerprint density at radius 3 is 2.74 bits per heavy atom. The molecule has 0 unspecified atom stereocenters. The van der Waals surface area contributed by atoms with Gasteiger partial charge in [0.15, 0.2) is 0 Å². The van der Waals surface area contributed by atoms with E-state index in [2.05, 4.69) is 9.93 Å². The molecule has 1 aromatic heterocycles. The third-order valence-corrected chi connectivity index (χ3v) is 4.45. The molecule has 8 heteroatoms. The summed E-state index contributed by atoms with van der Waals surface area (Å²) in [4.78, 5) is 2.81. The Balaban J connectivity index is 1.99. The summed E-state index contributed by atoms with van der Waals surface area (Å²) in [5.74, 6) is 0. The molecule has 1 aliphatic rings. The van der Waals surface area contributed by atoms with E-state index in [9.17, 15) is 8.42 Å². The van der Waals surface area contributed by atoms with E-state index in [-0.39, 0.29) is 4.90 Å². The first-order chi connectivity index (χ1) is 9.12. The fraction of sp³-hybridized carbons (Fsp3) is 0.727. The summed E-state index contributed by atoms with van der Waals surface area (Å²) >= 11 is 0. The normalized spacial score (nSPS) is 17.7. The minimum absolute atomic E-state index is 0.204. The average Bonchev–Trinajstić information content (AvgIpc) is 2.86. The lowest BCUT2D eigenvalue weighted by molar-refractivity contribution is 0.200. The monoisotopic (exact) mass is 287 g/mol. The molecule has 0 spiro atoms. The van der Waals surface area contributed by atoms with Crippen molar-refractivity contribution in [2.24, 2.45) is 5.73 Å². The summed E-state index contributed by atoms with van der Waals surface area (Å²) in [5.41, 5.74) is 5.41. The summed E-state index contributed by atoms with van der Waals surface area (Å²) in [7, 11) is -3.50. The molecule has 0 bridgehead atoms. The maximum atomic E-state index is 12.2. The first kappa shape index (κ1) is 14.4. The van der Waals surface area contributed by atoms with E-state index in [0.717, 1.165) is 38.8 Å². The van der Waals surface area contributed by atoms with Gasteiger partial charge in [-0.15, -0.1) is 4.83 Å². The fourth-order valence-corrected chi connectivity index (χ4v) is 3.14. The zero-order valence-corrected chi connectivity index (χ0v) is 11.8. The molecule has 2 heterocycles. The van der Waals surface area contributed by atoms with E-state index in [1.165, 1.54) is 6.20 Å². The minimum atomic E-state index is -3.50. The van der Waals surface area contributed by atoms with Crippen LogP contribution in [0.3, 0.4) is 0 Å². The molecule has 2 rings (SSSR count). The molecule has 108 valence electrons. The first-order valence-corrected chi connectivity index (χ1v) is 8.10. The van der Waals surface area contributed by atoms with Gasteiger partial charge < -0.3 is 5.73 Å². The lowest BCUT2D eigenvalue weighted by atomic mass is 10.2. The number of hydrogen-bond donors (Lipinski definition) is 2. The van der Waals surface area contributed by atoms with Gasteiger partial charge in [-0.25, -0.2) is 13.4 Å². The smallest absolute Gasteiger partial charge is 0.256 e. The predicted octanol–water partition coefficient (Wildman–Crippen LogP) is -0.0889. The van der Waals surface area contributed by atoms with Crippen LogP contribution in [-0.2, 0) is 16.6 Å². The quantitative estimate of drug-likeness (QED) is 0.763. The van der Waals surface area contributed by atoms with Crippen LogP contribution < -0.4 is 10.6 Å². The molecule has 1 saturated heterocycles. The van der Waals surface area contributed by atoms with Gasteiger partial charge >= 0.3 is 0 Å². The Kier molecular flexibility index (Phi) is 4.92. The third kappa shape index (κ3) is 4.00. The topological polar surface area (TPSA) is 93.2 Å². The number of sulfonamides is 1. The number of hydrogen-bond acceptors (Lipinski definition) is 5. The zero-order valence-electron chi connectivity index (χ0n) is 11.0. The van der Waals surface area contributed by atoms with Crippen LogP contribution in [0.4, 0.5) is 0 Å². The predicted molar refractivity (Wildman–Crippen MR) is 71.6 cm³/mol. The van der Waals surface area contributed by atoms with Gasteiger partial charge in [-0.1, -0.05) is 6.42 Å². The molecule has 19 heavy (non-hydrogen) atoms. The lowest BCUT2D eigenvalue weighted by Crippen LogP contribution is -2.44. The van der Waals surface area contributed by atoms with Crippen LogP contribution in [0.1, 0.15) is 25.7 Å². The number of aromatic nitrogens is 2. The van der Waals surface area contributed by atoms with E-state index >= 15 is 0 Å². The van der Waals surface area contributed by atoms with Gasteiger partial charge in [-0.3, -0.25) is 4.68 Å². The Labute approximate surface area is 113 Å². The van der Waals surface area contributed by atoms with Gasteiger partial charge in [0.1, 0.15) is 4.90 Å². The van der Waals surface area contributed by atoms with Crippen molar-refractivity contribution in [1.82, 2.24) is 19.6 Å². The molecule has 0 radical (unpaired) electrons. The van der Waals surface area contributed by atoms with Crippen molar-refractivity contribution in [3.8, 4) is 0 Å². The maximum absolute atomic E-state index is 12.2. The average molecular weight is 287 g/mol. The van der Waals surface area contributed by atoms with Gasteiger partial charge in [0.25, 0.3) is 10.0 Å². The van der Waals surface area contributed by atoms with E-state index in [1.54, 1.807) is 15.9 Å². The second-order valence-electron chi connectivity index (χ2n) is 4.72. The highest BCUT2D eigenvalue weighted by molar-refractivity contribution is 7.89. The van der Waals surface area contributed by atoms with Crippen LogP contribution in [0.15, 0.2) is 17.3 Å². The van der Waals surface area contributed by atoms with E-state index in [0.29, 0.717) is 13.1 Å². The van der Waals surface area contributed by atoms with Crippen LogP contribution in [0.5, 0.6) is 0 Å². The number of nitrogens with zero attached hydrogens (tertiary/aromatic N) is 3. The number of piperidine rings is 1. The second-order valence-corrected chi connectivity index (χ2v) is 6.38. The van der Waals surface area contributed by atoms with E-state index < -0.39 is 10.0 Å². The summed E-state index contributed by atoms with van der Waals surface area (Å²) in [5, 5.41) is 5.80. The number of nitrogens with one attached hydrogen (secondary N) is 1. The first-order valence-electron chi connectivity index (χ1n) is 6.62. The zero-order chi connectivity index (χ0) is 13.7. The highest BCUT2D eigenvalue weighted by Crippen LogP contribution is 2.11. The van der Waals surface area contributed by atoms with E-state index in [4.69, 9.17) is 5.73 Å². The largest absolute Gasteiger partial charge is 0.330 e. The molecule has 1 aliphatic heterocycles. The van der Waals surface area contributed by atoms with Crippen LogP contribution in [-0.4, -0.2) is 42.8 Å². The van der Waals surface area contributed by atoms with Crippen LogP contribution in [0, 0.1) is 0 Å². The summed E-state index contributed by atoms with van der Waals surface area (Å²) in [6, 6.07) is 0. The number of rotatable bonds is 6. The van der Waals surface area contributed by atoms with Gasteiger partial charge in [0.2, 0.25) is 0 Å². The summed E-state index contributed by atoms with van der Waals surface area (Å²) < 4.78 is 25.9. The van der Waals surface area contributed by atoms with Crippen molar-refractivity contribution < 1.29 is 8.42 Å². The molecule has 0 aliphatic carbocycles. The highest BCUT2D eigenvalue weighted by Gasteiger charge is 2.21. The Morgan fingerprint density at radius 1 is 1.32 bits per heavy atom. The van der Waals surface area contributed by atoms with Crippen LogP contribution >= 0.6 is 0 Å². The van der Waals surface area contributed by atoms with Crippen molar-refractivity contribution in [2.45, 2.75) is 37.1 Å². The summed E-state index contributed by atoms with van der Waals surface area (Å²) in [6.45, 7) is 2.73. The van der Waals surface area contributed by atoms with Gasteiger partial charge in [-0.2, -0.15) is 5.10 Å². The molecule has 1 aromatic rings. The number of aryl methyl sites for hydroxylation is 1. The van der Waals surface area contributed by atoms with Gasteiger partial charge in [-0.05, 0) is 25.8 Å². The number of nitrogens with two attached hydrogens (primary N) is 1. The highest BCUT2D eigenvalue weighted by atomic mass is 32.2.